The van der Waals surface area contributed by atoms with E-state index >= 15 is 0 Å². The SMILES string of the molecule is CC(=O)c1c(C)c2cnc(Nc3ccc(N4CCN(C(=O)CC(CC(=O)N[C@H](C(=O)N5C[C@H](O)C[C@H]5C(=O)NCc5ccc(-c6scnc6C)cc5)C(C)(C)C)C(N)=O)CC4)cn3)nc2n(C2CCCC2)c1=O. The molecule has 1 aliphatic carbocycles. The molecule has 6 heterocycles. The van der Waals surface area contributed by atoms with Gasteiger partial charge in [-0.05, 0) is 67.9 Å². The second kappa shape index (κ2) is 21.9. The Kier molecular flexibility index (Phi) is 15.7. The Morgan fingerprint density at radius 1 is 0.918 bits per heavy atom. The fourth-order valence-corrected chi connectivity index (χ4v) is 10.9. The van der Waals surface area contributed by atoms with Crippen molar-refractivity contribution in [3.8, 4) is 10.4 Å². The van der Waals surface area contributed by atoms with Gasteiger partial charge in [-0.1, -0.05) is 57.9 Å². The van der Waals surface area contributed by atoms with Gasteiger partial charge < -0.3 is 41.5 Å². The first-order chi connectivity index (χ1) is 34.8. The molecular formula is C52H64N12O8S. The molecule has 73 heavy (non-hydrogen) atoms. The minimum atomic E-state index is -1.15. The zero-order chi connectivity index (χ0) is 52.3. The van der Waals surface area contributed by atoms with Crippen LogP contribution in [0.25, 0.3) is 21.5 Å². The maximum absolute atomic E-state index is 14.2. The van der Waals surface area contributed by atoms with Crippen LogP contribution >= 0.6 is 11.3 Å². The number of anilines is 3. The van der Waals surface area contributed by atoms with Crippen LogP contribution in [-0.4, -0.2) is 126 Å². The van der Waals surface area contributed by atoms with E-state index in [1.807, 2.05) is 37.3 Å². The van der Waals surface area contributed by atoms with E-state index in [-0.39, 0.29) is 60.7 Å². The summed E-state index contributed by atoms with van der Waals surface area (Å²) in [4.78, 5) is 118. The van der Waals surface area contributed by atoms with Crippen molar-refractivity contribution < 1.29 is 33.9 Å². The molecule has 5 amide bonds. The van der Waals surface area contributed by atoms with Crippen LogP contribution in [0, 0.1) is 25.2 Å². The highest BCUT2D eigenvalue weighted by Gasteiger charge is 2.45. The zero-order valence-electron chi connectivity index (χ0n) is 42.1. The molecule has 0 bridgehead atoms. The number of piperazine rings is 1. The number of rotatable bonds is 16. The van der Waals surface area contributed by atoms with Gasteiger partial charge in [-0.3, -0.25) is 38.1 Å². The van der Waals surface area contributed by atoms with Crippen LogP contribution in [0.2, 0.25) is 0 Å². The lowest BCUT2D eigenvalue weighted by Gasteiger charge is -2.36. The molecule has 8 rings (SSSR count). The van der Waals surface area contributed by atoms with E-state index in [4.69, 9.17) is 10.7 Å². The topological polar surface area (TPSA) is 268 Å². The van der Waals surface area contributed by atoms with E-state index in [0.717, 1.165) is 53.1 Å². The maximum Gasteiger partial charge on any atom is 0.263 e. The largest absolute Gasteiger partial charge is 0.391 e. The van der Waals surface area contributed by atoms with Gasteiger partial charge in [0, 0.05) is 76.2 Å². The second-order valence-corrected chi connectivity index (χ2v) is 21.3. The van der Waals surface area contributed by atoms with E-state index in [2.05, 4.69) is 35.8 Å². The molecule has 3 aliphatic rings. The molecule has 5 aromatic rings. The molecule has 2 saturated heterocycles. The quantitative estimate of drug-likeness (QED) is 0.0862. The fraction of sp³-hybridized carbons (Fsp3) is 0.481. The third-order valence-electron chi connectivity index (χ3n) is 14.2. The number of carbonyl (C=O) groups is 6. The number of nitrogens with two attached hydrogens (primary N) is 1. The predicted octanol–water partition coefficient (Wildman–Crippen LogP) is 4.33. The summed E-state index contributed by atoms with van der Waals surface area (Å²) in [6.45, 7) is 12.1. The normalized spacial score (nSPS) is 18.2. The molecule has 20 nitrogen and oxygen atoms in total. The third kappa shape index (κ3) is 11.7. The summed E-state index contributed by atoms with van der Waals surface area (Å²) in [6.07, 6.45) is 5.30. The summed E-state index contributed by atoms with van der Waals surface area (Å²) in [5.41, 5.74) is 11.2. The first kappa shape index (κ1) is 52.2. The average molecular weight is 1020 g/mol. The van der Waals surface area contributed by atoms with Crippen LogP contribution in [0.5, 0.6) is 0 Å². The summed E-state index contributed by atoms with van der Waals surface area (Å²) in [5, 5.41) is 20.1. The van der Waals surface area contributed by atoms with Gasteiger partial charge >= 0.3 is 0 Å². The van der Waals surface area contributed by atoms with E-state index < -0.39 is 59.6 Å². The summed E-state index contributed by atoms with van der Waals surface area (Å²) in [7, 11) is 0. The Morgan fingerprint density at radius 2 is 1.63 bits per heavy atom. The highest BCUT2D eigenvalue weighted by atomic mass is 32.1. The average Bonchev–Trinajstić information content (AvgIpc) is 4.14. The van der Waals surface area contributed by atoms with Crippen LogP contribution in [0.1, 0.15) is 106 Å². The van der Waals surface area contributed by atoms with Gasteiger partial charge in [-0.15, -0.1) is 11.3 Å². The molecular weight excluding hydrogens is 953 g/mol. The van der Waals surface area contributed by atoms with Crippen molar-refractivity contribution in [2.24, 2.45) is 17.1 Å². The number of likely N-dealkylation sites (tertiary alicyclic amines) is 1. The smallest absolute Gasteiger partial charge is 0.263 e. The highest BCUT2D eigenvalue weighted by Crippen LogP contribution is 2.33. The minimum absolute atomic E-state index is 0.0221. The van der Waals surface area contributed by atoms with Gasteiger partial charge in [0.25, 0.3) is 5.56 Å². The number of amides is 5. The van der Waals surface area contributed by atoms with Crippen LogP contribution in [-0.2, 0) is 30.5 Å². The number of pyridine rings is 2. The summed E-state index contributed by atoms with van der Waals surface area (Å²) < 4.78 is 1.66. The first-order valence-electron chi connectivity index (χ1n) is 24.8. The molecule has 0 spiro atoms. The Bertz CT molecular complexity index is 2960. The number of aryl methyl sites for hydroxylation is 2. The molecule has 1 saturated carbocycles. The Labute approximate surface area is 427 Å². The monoisotopic (exact) mass is 1020 g/mol. The summed E-state index contributed by atoms with van der Waals surface area (Å²) in [6, 6.07) is 9.25. The minimum Gasteiger partial charge on any atom is -0.391 e. The predicted molar refractivity (Wildman–Crippen MR) is 276 cm³/mol. The Hall–Kier alpha value is -7.13. The molecule has 1 aromatic carbocycles. The highest BCUT2D eigenvalue weighted by molar-refractivity contribution is 7.13. The lowest BCUT2D eigenvalue weighted by Crippen LogP contribution is -2.58. The van der Waals surface area contributed by atoms with Gasteiger partial charge in [0.2, 0.25) is 35.5 Å². The molecule has 386 valence electrons. The number of aliphatic hydroxyl groups excluding tert-OH is 1. The number of benzene rings is 1. The first-order valence-corrected chi connectivity index (χ1v) is 25.7. The third-order valence-corrected chi connectivity index (χ3v) is 15.2. The van der Waals surface area contributed by atoms with Gasteiger partial charge in [0.1, 0.15) is 23.5 Å². The van der Waals surface area contributed by atoms with Crippen molar-refractivity contribution in [3.05, 3.63) is 87.0 Å². The van der Waals surface area contributed by atoms with Crippen molar-refractivity contribution in [2.45, 2.75) is 117 Å². The Balaban J connectivity index is 0.836. The standard InChI is InChI=1S/C52H64N12O8S/c1-29-38-26-56-51(60-47(38)64(35-9-7-8-10-35)49(71)43(29)31(3)65)58-40-16-15-36(25-54-40)61-17-19-62(20-18-61)42(68)22-34(46(53)69)21-41(67)59-45(52(4,5)6)50(72)63-27-37(66)23-39(63)48(70)55-24-32-11-13-33(14-12-32)44-30(2)57-28-73-44/h11-16,25-26,28,34-35,37,39,45,66H,7-10,17-24,27H2,1-6H3,(H2,53,69)(H,55,70)(H,59,67)(H,54,56,58,60)/t34?,37-,39+,45-/m1/s1. The molecule has 6 N–H and O–H groups in total. The molecule has 4 aromatic heterocycles. The number of primary amides is 1. The van der Waals surface area contributed by atoms with Gasteiger partial charge in [0.05, 0.1) is 45.6 Å². The molecule has 2 aliphatic heterocycles. The van der Waals surface area contributed by atoms with Gasteiger partial charge in [-0.2, -0.15) is 4.98 Å². The maximum atomic E-state index is 14.2. The summed E-state index contributed by atoms with van der Waals surface area (Å²) >= 11 is 1.55. The number of fused-ring (bicyclic) bond motifs is 1. The van der Waals surface area contributed by atoms with E-state index in [0.29, 0.717) is 48.6 Å². The number of hydrogen-bond donors (Lipinski definition) is 5. The fourth-order valence-electron chi connectivity index (χ4n) is 10.1. The van der Waals surface area contributed by atoms with Crippen molar-refractivity contribution >= 4 is 75.1 Å². The molecule has 3 fully saturated rings. The van der Waals surface area contributed by atoms with E-state index in [1.165, 1.54) is 11.8 Å². The van der Waals surface area contributed by atoms with Crippen molar-refractivity contribution in [3.63, 3.8) is 0 Å². The van der Waals surface area contributed by atoms with Crippen LogP contribution in [0.3, 0.4) is 0 Å². The van der Waals surface area contributed by atoms with E-state index in [9.17, 15) is 38.7 Å². The van der Waals surface area contributed by atoms with Crippen LogP contribution < -0.4 is 32.1 Å². The number of nitrogens with one attached hydrogen (secondary N) is 3. The lowest BCUT2D eigenvalue weighted by atomic mass is 9.85. The molecule has 1 unspecified atom stereocenters. The van der Waals surface area contributed by atoms with Crippen molar-refractivity contribution in [1.82, 2.24) is 44.9 Å². The van der Waals surface area contributed by atoms with Gasteiger partial charge in [-0.25, -0.2) is 15.0 Å². The lowest BCUT2D eigenvalue weighted by molar-refractivity contribution is -0.144. The number of carbonyl (C=O) groups excluding carboxylic acids is 6. The van der Waals surface area contributed by atoms with Gasteiger partial charge in [0.15, 0.2) is 5.78 Å². The number of thiazole rings is 1. The van der Waals surface area contributed by atoms with Crippen molar-refractivity contribution in [1.29, 1.82) is 0 Å². The van der Waals surface area contributed by atoms with Crippen LogP contribution in [0.15, 0.2) is 59.1 Å². The number of ketones is 1. The number of Topliss-reactive ketones (excluding diaryl/α,β-unsaturated/α-hetero) is 1. The zero-order valence-corrected chi connectivity index (χ0v) is 43.0. The molecule has 0 radical (unpaired) electrons. The van der Waals surface area contributed by atoms with E-state index in [1.54, 1.807) is 72.5 Å². The number of hydrogen-bond acceptors (Lipinski definition) is 15. The second-order valence-electron chi connectivity index (χ2n) is 20.4. The number of β-amino-alcohol motifs (C(OH)–C–C–N with tert-alkyl or cyclic N) is 1. The number of aliphatic hydroxyl groups is 1. The molecule has 21 heteroatoms. The van der Waals surface area contributed by atoms with Crippen LogP contribution in [0.4, 0.5) is 17.5 Å². The number of aromatic nitrogens is 5. The summed E-state index contributed by atoms with van der Waals surface area (Å²) in [5.74, 6) is -3.54. The number of nitrogens with zero attached hydrogens (tertiary/aromatic N) is 8. The van der Waals surface area contributed by atoms with Crippen molar-refractivity contribution in [2.75, 3.05) is 42.9 Å². The Morgan fingerprint density at radius 3 is 2.25 bits per heavy atom. The molecule has 4 atom stereocenters.